The third kappa shape index (κ3) is 8.33. The minimum Gasteiger partial charge on any atom is -0.379 e. The largest absolute Gasteiger partial charge is 0.379 e. The van der Waals surface area contributed by atoms with Gasteiger partial charge < -0.3 is 19.1 Å². The fourth-order valence-electron chi connectivity index (χ4n) is 2.43. The van der Waals surface area contributed by atoms with Gasteiger partial charge in [0.1, 0.15) is 5.69 Å². The molecule has 156 valence electrons. The smallest absolute Gasteiger partial charge is 0.251 e. The van der Waals surface area contributed by atoms with E-state index in [9.17, 15) is 4.79 Å². The molecule has 8 nitrogen and oxygen atoms in total. The summed E-state index contributed by atoms with van der Waals surface area (Å²) in [4.78, 5) is 13.3. The molecule has 1 aromatic heterocycles. The van der Waals surface area contributed by atoms with Crippen LogP contribution >= 0.6 is 0 Å². The van der Waals surface area contributed by atoms with Crippen molar-refractivity contribution in [2.75, 3.05) is 39.6 Å². The SMILES string of the molecule is C=C1C=CC(=O)N1Cc1cn(CCOCCOCCOCCC(C)(C)C)nn1. The van der Waals surface area contributed by atoms with Crippen LogP contribution in [-0.2, 0) is 32.1 Å². The van der Waals surface area contributed by atoms with Gasteiger partial charge in [-0.3, -0.25) is 4.79 Å². The van der Waals surface area contributed by atoms with Crippen LogP contribution in [0.25, 0.3) is 0 Å². The van der Waals surface area contributed by atoms with Crippen LogP contribution < -0.4 is 0 Å². The van der Waals surface area contributed by atoms with Crippen LogP contribution in [0.1, 0.15) is 32.9 Å². The fourth-order valence-corrected chi connectivity index (χ4v) is 2.43. The number of allylic oxidation sites excluding steroid dienone is 1. The van der Waals surface area contributed by atoms with Crippen molar-refractivity contribution in [2.24, 2.45) is 5.41 Å². The predicted molar refractivity (Wildman–Crippen MR) is 105 cm³/mol. The Balaban J connectivity index is 1.47. The number of nitrogens with zero attached hydrogens (tertiary/aromatic N) is 4. The van der Waals surface area contributed by atoms with Crippen molar-refractivity contribution >= 4 is 5.91 Å². The van der Waals surface area contributed by atoms with Crippen LogP contribution in [0.2, 0.25) is 0 Å². The molecule has 0 fully saturated rings. The molecule has 0 saturated heterocycles. The van der Waals surface area contributed by atoms with Crippen LogP contribution in [0.4, 0.5) is 0 Å². The zero-order valence-corrected chi connectivity index (χ0v) is 17.2. The lowest BCUT2D eigenvalue weighted by atomic mass is 9.93. The van der Waals surface area contributed by atoms with Crippen LogP contribution in [0.5, 0.6) is 0 Å². The molecule has 0 saturated carbocycles. The Bertz CT molecular complexity index is 645. The van der Waals surface area contributed by atoms with Gasteiger partial charge in [0.25, 0.3) is 5.91 Å². The number of aromatic nitrogens is 3. The summed E-state index contributed by atoms with van der Waals surface area (Å²) in [6, 6.07) is 0. The first-order valence-electron chi connectivity index (χ1n) is 9.66. The van der Waals surface area contributed by atoms with Gasteiger partial charge in [0.2, 0.25) is 0 Å². The van der Waals surface area contributed by atoms with Crippen LogP contribution in [-0.4, -0.2) is 65.4 Å². The van der Waals surface area contributed by atoms with Crippen LogP contribution in [0.3, 0.4) is 0 Å². The Morgan fingerprint density at radius 1 is 1.00 bits per heavy atom. The second-order valence-corrected chi connectivity index (χ2v) is 7.87. The molecule has 0 unspecified atom stereocenters. The van der Waals surface area contributed by atoms with E-state index in [-0.39, 0.29) is 5.91 Å². The van der Waals surface area contributed by atoms with E-state index in [0.29, 0.717) is 62.9 Å². The standard InChI is InChI=1S/C20H32N4O4/c1-17-5-6-19(25)24(17)16-18-15-23(22-21-18)8-10-27-12-14-28-13-11-26-9-7-20(2,3)4/h5-6,15H,1,7-14,16H2,2-4H3. The normalized spacial score (nSPS) is 14.5. The van der Waals surface area contributed by atoms with Gasteiger partial charge in [-0.1, -0.05) is 32.6 Å². The van der Waals surface area contributed by atoms with Gasteiger partial charge in [-0.25, -0.2) is 4.68 Å². The quantitative estimate of drug-likeness (QED) is 0.479. The molecule has 0 aromatic carbocycles. The van der Waals surface area contributed by atoms with Crippen molar-refractivity contribution in [3.63, 3.8) is 0 Å². The first-order chi connectivity index (χ1) is 13.3. The Hall–Kier alpha value is -2.03. The molecule has 1 aliphatic rings. The molecular formula is C20H32N4O4. The Morgan fingerprint density at radius 3 is 2.25 bits per heavy atom. The Morgan fingerprint density at radius 2 is 1.64 bits per heavy atom. The van der Waals surface area contributed by atoms with Gasteiger partial charge in [-0.15, -0.1) is 5.10 Å². The van der Waals surface area contributed by atoms with E-state index in [0.717, 1.165) is 13.0 Å². The first kappa shape index (κ1) is 22.3. The monoisotopic (exact) mass is 392 g/mol. The van der Waals surface area contributed by atoms with E-state index in [1.807, 2.05) is 6.20 Å². The molecule has 0 N–H and O–H groups in total. The van der Waals surface area contributed by atoms with Gasteiger partial charge >= 0.3 is 0 Å². The molecule has 0 aliphatic carbocycles. The molecule has 1 aromatic rings. The topological polar surface area (TPSA) is 78.7 Å². The summed E-state index contributed by atoms with van der Waals surface area (Å²) < 4.78 is 18.3. The summed E-state index contributed by atoms with van der Waals surface area (Å²) in [6.45, 7) is 14.9. The number of amides is 1. The summed E-state index contributed by atoms with van der Waals surface area (Å²) in [7, 11) is 0. The van der Waals surface area contributed by atoms with E-state index in [1.165, 1.54) is 6.08 Å². The van der Waals surface area contributed by atoms with Gasteiger partial charge in [-0.05, 0) is 17.9 Å². The van der Waals surface area contributed by atoms with Gasteiger partial charge in [-0.2, -0.15) is 0 Å². The molecule has 1 amide bonds. The first-order valence-corrected chi connectivity index (χ1v) is 9.66. The fraction of sp³-hybridized carbons (Fsp3) is 0.650. The van der Waals surface area contributed by atoms with Crippen molar-refractivity contribution in [1.82, 2.24) is 19.9 Å². The highest BCUT2D eigenvalue weighted by Crippen LogP contribution is 2.17. The lowest BCUT2D eigenvalue weighted by molar-refractivity contribution is -0.123. The summed E-state index contributed by atoms with van der Waals surface area (Å²) >= 11 is 0. The van der Waals surface area contributed by atoms with Crippen molar-refractivity contribution in [3.8, 4) is 0 Å². The molecule has 0 atom stereocenters. The highest BCUT2D eigenvalue weighted by atomic mass is 16.5. The number of carbonyl (C=O) groups excluding carboxylic acids is 1. The van der Waals surface area contributed by atoms with E-state index < -0.39 is 0 Å². The number of rotatable bonds is 13. The second-order valence-electron chi connectivity index (χ2n) is 7.87. The molecule has 2 rings (SSSR count). The number of carbonyl (C=O) groups is 1. The second kappa shape index (κ2) is 11.1. The molecule has 0 radical (unpaired) electrons. The van der Waals surface area contributed by atoms with Crippen molar-refractivity contribution in [1.29, 1.82) is 0 Å². The minimum absolute atomic E-state index is 0.0810. The minimum atomic E-state index is -0.0810. The lowest BCUT2D eigenvalue weighted by Gasteiger charge is -2.17. The summed E-state index contributed by atoms with van der Waals surface area (Å²) in [5, 5.41) is 8.14. The van der Waals surface area contributed by atoms with Crippen LogP contribution in [0, 0.1) is 5.41 Å². The van der Waals surface area contributed by atoms with E-state index in [2.05, 4.69) is 37.7 Å². The zero-order valence-electron chi connectivity index (χ0n) is 17.2. The number of hydrogen-bond donors (Lipinski definition) is 0. The molecular weight excluding hydrogens is 360 g/mol. The maximum atomic E-state index is 11.7. The average Bonchev–Trinajstić information content (AvgIpc) is 3.20. The summed E-state index contributed by atoms with van der Waals surface area (Å²) in [6.07, 6.45) is 6.05. The van der Waals surface area contributed by atoms with Crippen molar-refractivity contribution < 1.29 is 19.0 Å². The van der Waals surface area contributed by atoms with E-state index >= 15 is 0 Å². The van der Waals surface area contributed by atoms with Crippen molar-refractivity contribution in [2.45, 2.75) is 40.3 Å². The molecule has 28 heavy (non-hydrogen) atoms. The Kier molecular flexibility index (Phi) is 8.82. The number of ether oxygens (including phenoxy) is 3. The molecule has 8 heteroatoms. The maximum Gasteiger partial charge on any atom is 0.251 e. The van der Waals surface area contributed by atoms with Crippen molar-refractivity contribution in [3.05, 3.63) is 36.3 Å². The van der Waals surface area contributed by atoms with Gasteiger partial charge in [0.15, 0.2) is 0 Å². The van der Waals surface area contributed by atoms with Crippen LogP contribution in [0.15, 0.2) is 30.6 Å². The zero-order chi connectivity index (χ0) is 20.4. The average molecular weight is 393 g/mol. The summed E-state index contributed by atoms with van der Waals surface area (Å²) in [5.41, 5.74) is 1.69. The third-order valence-corrected chi connectivity index (χ3v) is 4.14. The maximum absolute atomic E-state index is 11.7. The highest BCUT2D eigenvalue weighted by Gasteiger charge is 2.19. The molecule has 2 heterocycles. The van der Waals surface area contributed by atoms with Gasteiger partial charge in [0.05, 0.1) is 52.3 Å². The number of hydrogen-bond acceptors (Lipinski definition) is 6. The molecule has 0 bridgehead atoms. The predicted octanol–water partition coefficient (Wildman–Crippen LogP) is 2.18. The Labute approximate surface area is 167 Å². The third-order valence-electron chi connectivity index (χ3n) is 4.14. The van der Waals surface area contributed by atoms with Gasteiger partial charge in [0, 0.05) is 18.4 Å². The highest BCUT2D eigenvalue weighted by molar-refractivity contribution is 5.92. The summed E-state index contributed by atoms with van der Waals surface area (Å²) in [5.74, 6) is -0.0810. The van der Waals surface area contributed by atoms with E-state index in [4.69, 9.17) is 14.2 Å². The lowest BCUT2D eigenvalue weighted by Crippen LogP contribution is -2.23. The van der Waals surface area contributed by atoms with E-state index in [1.54, 1.807) is 15.7 Å². The molecule has 0 spiro atoms. The molecule has 1 aliphatic heterocycles.